The lowest BCUT2D eigenvalue weighted by atomic mass is 10.1. The monoisotopic (exact) mass is 1680 g/mol. The number of hydrogen-bond acceptors (Lipinski definition) is 20. The van der Waals surface area contributed by atoms with E-state index in [-0.39, 0.29) is 103 Å². The quantitative estimate of drug-likeness (QED) is 0.0143. The Morgan fingerprint density at radius 2 is 0.513 bits per heavy atom. The number of phosphoric acid groups is 2. The van der Waals surface area contributed by atoms with Crippen LogP contribution in [0, 0.1) is 0 Å². The summed E-state index contributed by atoms with van der Waals surface area (Å²) in [7, 11) is -8.78. The minimum absolute atomic E-state index is 0.112. The standard InChI is InChI=1S/C91H172N2O20P2/c1-9-17-23-29-33-37-39-43-47-53-59-65-90(98)112-84(78-102-73-67-82(61-55-49-27-21-13-5)110-88(96)63-57-51-45-41-35-31-25-19-11-3)80-108-114(100,104-71-15-7)106-75-69-92-86(94)77-87(95)93-70-76-107-115(101,105-72-16-8)109-81-85(113-91(99)66-60-54-48-44-40-38-34-30-24-18-10-2)79-103-74-68-83(62-56-50-28-22-14-6)111-89(97)64-58-52-46-42-36-32-26-20-12-4/h15-16,82-85H,7-14,17-81H2,1-6H3,(H,92,94)(H,93,95)/t82-,83-,84-,85-,114?,115?/m1/s1. The highest BCUT2D eigenvalue weighted by Gasteiger charge is 2.32. The molecule has 0 saturated carbocycles. The second-order valence-electron chi connectivity index (χ2n) is 31.5. The van der Waals surface area contributed by atoms with Crippen LogP contribution in [0.3, 0.4) is 0 Å². The highest BCUT2D eigenvalue weighted by atomic mass is 31.2. The first-order valence-electron chi connectivity index (χ1n) is 46.8. The molecule has 115 heavy (non-hydrogen) atoms. The van der Waals surface area contributed by atoms with Gasteiger partial charge in [-0.25, -0.2) is 9.13 Å². The number of carbonyl (C=O) groups excluding carboxylic acids is 6. The zero-order valence-electron chi connectivity index (χ0n) is 74.1. The summed E-state index contributed by atoms with van der Waals surface area (Å²) in [5, 5.41) is 5.12. The van der Waals surface area contributed by atoms with Crippen LogP contribution >= 0.6 is 15.6 Å². The lowest BCUT2D eigenvalue weighted by Crippen LogP contribution is -2.34. The van der Waals surface area contributed by atoms with Gasteiger partial charge in [0, 0.05) is 51.6 Å². The summed E-state index contributed by atoms with van der Waals surface area (Å²) >= 11 is 0. The summed E-state index contributed by atoms with van der Waals surface area (Å²) in [6.07, 6.45) is 59.0. The van der Waals surface area contributed by atoms with E-state index in [4.69, 9.17) is 55.6 Å². The van der Waals surface area contributed by atoms with Gasteiger partial charge in [-0.2, -0.15) is 0 Å². The third-order valence-corrected chi connectivity index (χ3v) is 23.2. The minimum Gasteiger partial charge on any atom is -0.462 e. The number of esters is 4. The van der Waals surface area contributed by atoms with Crippen LogP contribution < -0.4 is 10.6 Å². The summed E-state index contributed by atoms with van der Waals surface area (Å²) in [6, 6.07) is 0. The van der Waals surface area contributed by atoms with E-state index in [2.05, 4.69) is 65.3 Å². The van der Waals surface area contributed by atoms with E-state index < -0.39 is 71.2 Å². The Morgan fingerprint density at radius 3 is 0.765 bits per heavy atom. The Balaban J connectivity index is 5.92. The molecule has 0 aliphatic heterocycles. The van der Waals surface area contributed by atoms with Crippen molar-refractivity contribution >= 4 is 51.3 Å². The average molecular weight is 1680 g/mol. The fourth-order valence-corrected chi connectivity index (χ4v) is 15.8. The second kappa shape index (κ2) is 84.1. The molecule has 0 aromatic rings. The molecule has 0 heterocycles. The molecule has 0 rings (SSSR count). The zero-order valence-corrected chi connectivity index (χ0v) is 75.9. The Morgan fingerprint density at radius 1 is 0.278 bits per heavy atom. The van der Waals surface area contributed by atoms with Gasteiger partial charge >= 0.3 is 39.5 Å². The van der Waals surface area contributed by atoms with Crippen molar-refractivity contribution in [3.8, 4) is 0 Å². The number of carbonyl (C=O) groups is 6. The van der Waals surface area contributed by atoms with Gasteiger partial charge < -0.3 is 39.1 Å². The van der Waals surface area contributed by atoms with E-state index in [9.17, 15) is 37.9 Å². The van der Waals surface area contributed by atoms with E-state index in [0.29, 0.717) is 51.4 Å². The number of nitrogens with one attached hydrogen (secondary N) is 2. The molecule has 2 N–H and O–H groups in total. The summed E-state index contributed by atoms with van der Waals surface area (Å²) < 4.78 is 98.3. The summed E-state index contributed by atoms with van der Waals surface area (Å²) in [5.41, 5.74) is 0. The van der Waals surface area contributed by atoms with Crippen molar-refractivity contribution in [2.75, 3.05) is 79.2 Å². The van der Waals surface area contributed by atoms with Gasteiger partial charge in [0.25, 0.3) is 0 Å². The third kappa shape index (κ3) is 76.3. The van der Waals surface area contributed by atoms with E-state index in [0.717, 1.165) is 141 Å². The summed E-state index contributed by atoms with van der Waals surface area (Å²) in [4.78, 5) is 79.1. The normalized spacial score (nSPS) is 13.6. The van der Waals surface area contributed by atoms with Crippen LogP contribution in [0.2, 0.25) is 0 Å². The maximum absolute atomic E-state index is 14.1. The first-order chi connectivity index (χ1) is 56.0. The Labute approximate surface area is 701 Å². The van der Waals surface area contributed by atoms with Crippen molar-refractivity contribution in [2.45, 2.75) is 445 Å². The number of ether oxygens (including phenoxy) is 6. The van der Waals surface area contributed by atoms with Gasteiger partial charge in [0.15, 0.2) is 0 Å². The lowest BCUT2D eigenvalue weighted by Gasteiger charge is -2.23. The highest BCUT2D eigenvalue weighted by Crippen LogP contribution is 2.50. The van der Waals surface area contributed by atoms with Crippen molar-refractivity contribution in [2.24, 2.45) is 0 Å². The van der Waals surface area contributed by atoms with Crippen LogP contribution in [0.15, 0.2) is 25.3 Å². The van der Waals surface area contributed by atoms with E-state index in [1.54, 1.807) is 0 Å². The van der Waals surface area contributed by atoms with Gasteiger partial charge in [-0.3, -0.25) is 55.9 Å². The molecule has 24 heteroatoms. The predicted molar refractivity (Wildman–Crippen MR) is 465 cm³/mol. The van der Waals surface area contributed by atoms with Gasteiger partial charge in [-0.15, -0.1) is 13.2 Å². The topological polar surface area (TPSA) is 271 Å². The van der Waals surface area contributed by atoms with Crippen molar-refractivity contribution in [3.05, 3.63) is 25.3 Å². The largest absolute Gasteiger partial charge is 0.475 e. The van der Waals surface area contributed by atoms with Gasteiger partial charge in [-0.05, 0) is 51.4 Å². The lowest BCUT2D eigenvalue weighted by molar-refractivity contribution is -0.156. The molecule has 2 unspecified atom stereocenters. The first-order valence-corrected chi connectivity index (χ1v) is 49.7. The molecular formula is C91H172N2O20P2. The van der Waals surface area contributed by atoms with E-state index in [1.807, 2.05) is 0 Å². The molecule has 0 bridgehead atoms. The molecule has 2 amide bonds. The highest BCUT2D eigenvalue weighted by molar-refractivity contribution is 7.48. The fraction of sp³-hybridized carbons (Fsp3) is 0.890. The molecule has 0 fully saturated rings. The zero-order chi connectivity index (χ0) is 84.3. The summed E-state index contributed by atoms with van der Waals surface area (Å²) in [5.74, 6) is -2.71. The SMILES string of the molecule is C=CCOP(=O)(OCCNC(=O)CC(=O)NCCOP(=O)(OCC=C)OC[C@@H](COCC[C@@H](CCCCCCC)OC(=O)CCCCCCCCCCC)OC(=O)CCCCCCCCCCCCC)OC[C@@H](COCC[C@@H](CCCCCCC)OC(=O)CCCCCCCCCCC)OC(=O)CCCCCCCCCCCCC. The molecular weight excluding hydrogens is 1500 g/mol. The van der Waals surface area contributed by atoms with Crippen molar-refractivity contribution < 1.29 is 93.5 Å². The molecule has 0 aromatic carbocycles. The van der Waals surface area contributed by atoms with Crippen molar-refractivity contribution in [1.29, 1.82) is 0 Å². The Hall–Kier alpha value is -3.56. The average Bonchev–Trinajstić information content (AvgIpc) is 0.888. The Kier molecular flexibility index (Phi) is 81.5. The molecule has 0 aromatic heterocycles. The van der Waals surface area contributed by atoms with Gasteiger partial charge in [0.1, 0.15) is 30.8 Å². The fourth-order valence-electron chi connectivity index (χ4n) is 13.4. The van der Waals surface area contributed by atoms with Crippen LogP contribution in [0.25, 0.3) is 0 Å². The smallest absolute Gasteiger partial charge is 0.462 e. The molecule has 0 aliphatic rings. The maximum atomic E-state index is 14.1. The van der Waals surface area contributed by atoms with Crippen LogP contribution in [0.5, 0.6) is 0 Å². The summed E-state index contributed by atoms with van der Waals surface area (Å²) in [6.45, 7) is 18.3. The number of unbranched alkanes of at least 4 members (excludes halogenated alkanes) is 44. The number of hydrogen-bond donors (Lipinski definition) is 2. The maximum Gasteiger partial charge on any atom is 0.475 e. The van der Waals surface area contributed by atoms with Gasteiger partial charge in [-0.1, -0.05) is 336 Å². The predicted octanol–water partition coefficient (Wildman–Crippen LogP) is 24.7. The Bertz CT molecular complexity index is 2230. The van der Waals surface area contributed by atoms with Crippen LogP contribution in [-0.4, -0.2) is 139 Å². The van der Waals surface area contributed by atoms with Crippen LogP contribution in [0.4, 0.5) is 0 Å². The van der Waals surface area contributed by atoms with Crippen LogP contribution in [-0.2, 0) is 93.5 Å². The number of rotatable bonds is 92. The molecule has 0 spiro atoms. The second-order valence-corrected chi connectivity index (χ2v) is 34.8. The third-order valence-electron chi connectivity index (χ3n) is 20.4. The van der Waals surface area contributed by atoms with E-state index >= 15 is 0 Å². The van der Waals surface area contributed by atoms with Gasteiger partial charge in [0.05, 0.1) is 66.1 Å². The molecule has 0 radical (unpaired) electrons. The first kappa shape index (κ1) is 111. The van der Waals surface area contributed by atoms with Crippen molar-refractivity contribution in [1.82, 2.24) is 10.6 Å². The molecule has 0 saturated heterocycles. The van der Waals surface area contributed by atoms with E-state index in [1.165, 1.54) is 179 Å². The number of phosphoric ester groups is 2. The molecule has 6 atom stereocenters. The molecule has 0 aliphatic carbocycles. The number of amides is 2. The minimum atomic E-state index is -4.39. The molecule has 22 nitrogen and oxygen atoms in total. The van der Waals surface area contributed by atoms with Crippen LogP contribution in [0.1, 0.15) is 420 Å². The van der Waals surface area contributed by atoms with Gasteiger partial charge in [0.2, 0.25) is 11.8 Å². The van der Waals surface area contributed by atoms with Crippen molar-refractivity contribution in [3.63, 3.8) is 0 Å². The molecule has 676 valence electrons.